The molecule has 0 aromatic heterocycles. The Hall–Kier alpha value is -0.0700. The van der Waals surface area contributed by atoms with Gasteiger partial charge in [0.2, 0.25) is 10.0 Å². The van der Waals surface area contributed by atoms with Crippen molar-refractivity contribution in [2.75, 3.05) is 19.5 Å². The highest BCUT2D eigenvalue weighted by atomic mass is 32.2. The highest BCUT2D eigenvalue weighted by Gasteiger charge is 2.38. The number of sulfonamides is 1. The van der Waals surface area contributed by atoms with E-state index >= 15 is 0 Å². The van der Waals surface area contributed by atoms with Gasteiger partial charge in [-0.1, -0.05) is 0 Å². The maximum absolute atomic E-state index is 12.0. The summed E-state index contributed by atoms with van der Waals surface area (Å²) >= 11 is 1.67. The quantitative estimate of drug-likeness (QED) is 0.707. The molecular formula is C9H18N2O2S2. The van der Waals surface area contributed by atoms with Gasteiger partial charge in [0.25, 0.3) is 0 Å². The SMILES string of the molecule is CN=CC(C)S(=O)(=O)N1CSC(C)(C)C1. The van der Waals surface area contributed by atoms with E-state index in [2.05, 4.69) is 18.8 Å². The third-order valence-electron chi connectivity index (χ3n) is 2.35. The molecule has 0 amide bonds. The molecule has 0 radical (unpaired) electrons. The van der Waals surface area contributed by atoms with Gasteiger partial charge in [0.1, 0.15) is 5.25 Å². The Balaban J connectivity index is 2.81. The average Bonchev–Trinajstić information content (AvgIpc) is 2.47. The predicted octanol–water partition coefficient (Wildman–Crippen LogP) is 1.19. The number of rotatable bonds is 3. The molecule has 0 aromatic carbocycles. The number of hydrogen-bond donors (Lipinski definition) is 0. The first-order valence-corrected chi connectivity index (χ1v) is 7.34. The van der Waals surface area contributed by atoms with Crippen LogP contribution in [0.4, 0.5) is 0 Å². The first-order chi connectivity index (χ1) is 6.79. The van der Waals surface area contributed by atoms with Crippen LogP contribution in [-0.4, -0.2) is 48.4 Å². The molecule has 0 N–H and O–H groups in total. The topological polar surface area (TPSA) is 49.7 Å². The monoisotopic (exact) mass is 250 g/mol. The van der Waals surface area contributed by atoms with Crippen LogP contribution in [0, 0.1) is 0 Å². The molecule has 4 nitrogen and oxygen atoms in total. The fourth-order valence-electron chi connectivity index (χ4n) is 1.45. The predicted molar refractivity (Wildman–Crippen MR) is 66.0 cm³/mol. The van der Waals surface area contributed by atoms with Crippen molar-refractivity contribution in [1.29, 1.82) is 0 Å². The lowest BCUT2D eigenvalue weighted by Crippen LogP contribution is -2.38. The summed E-state index contributed by atoms with van der Waals surface area (Å²) < 4.78 is 25.6. The summed E-state index contributed by atoms with van der Waals surface area (Å²) in [6, 6.07) is 0. The maximum Gasteiger partial charge on any atom is 0.222 e. The number of thioether (sulfide) groups is 1. The zero-order valence-corrected chi connectivity index (χ0v) is 11.2. The molecule has 0 aromatic rings. The van der Waals surface area contributed by atoms with Crippen LogP contribution in [0.3, 0.4) is 0 Å². The number of nitrogens with zero attached hydrogens (tertiary/aromatic N) is 2. The Morgan fingerprint density at radius 1 is 1.53 bits per heavy atom. The van der Waals surface area contributed by atoms with Crippen LogP contribution in [0.2, 0.25) is 0 Å². The summed E-state index contributed by atoms with van der Waals surface area (Å²) in [5.41, 5.74) is 0. The second-order valence-electron chi connectivity index (χ2n) is 4.30. The van der Waals surface area contributed by atoms with E-state index in [0.29, 0.717) is 12.4 Å². The molecule has 0 aliphatic carbocycles. The van der Waals surface area contributed by atoms with Gasteiger partial charge in [-0.2, -0.15) is 4.31 Å². The van der Waals surface area contributed by atoms with Crippen molar-refractivity contribution in [3.05, 3.63) is 0 Å². The second kappa shape index (κ2) is 4.43. The number of hydrogen-bond acceptors (Lipinski definition) is 4. The lowest BCUT2D eigenvalue weighted by molar-refractivity contribution is 0.449. The molecular weight excluding hydrogens is 232 g/mol. The molecule has 6 heteroatoms. The summed E-state index contributed by atoms with van der Waals surface area (Å²) in [6.07, 6.45) is 1.48. The summed E-state index contributed by atoms with van der Waals surface area (Å²) in [5.74, 6) is 0.553. The molecule has 1 atom stereocenters. The molecule has 0 bridgehead atoms. The van der Waals surface area contributed by atoms with Gasteiger partial charge >= 0.3 is 0 Å². The third-order valence-corrected chi connectivity index (χ3v) is 5.90. The van der Waals surface area contributed by atoms with E-state index in [1.54, 1.807) is 30.0 Å². The summed E-state index contributed by atoms with van der Waals surface area (Å²) in [4.78, 5) is 3.77. The van der Waals surface area contributed by atoms with E-state index in [0.717, 1.165) is 0 Å². The Bertz CT molecular complexity index is 349. The van der Waals surface area contributed by atoms with Gasteiger partial charge in [-0.05, 0) is 20.8 Å². The van der Waals surface area contributed by atoms with Crippen LogP contribution >= 0.6 is 11.8 Å². The molecule has 1 saturated heterocycles. The molecule has 1 aliphatic rings. The van der Waals surface area contributed by atoms with Crippen LogP contribution in [0.5, 0.6) is 0 Å². The molecule has 1 unspecified atom stereocenters. The van der Waals surface area contributed by atoms with Crippen LogP contribution in [0.25, 0.3) is 0 Å². The molecule has 15 heavy (non-hydrogen) atoms. The van der Waals surface area contributed by atoms with Crippen molar-refractivity contribution in [2.45, 2.75) is 30.8 Å². The van der Waals surface area contributed by atoms with E-state index in [4.69, 9.17) is 0 Å². The fourth-order valence-corrected chi connectivity index (χ4v) is 4.36. The number of aliphatic imine (C=N–C) groups is 1. The molecule has 0 saturated carbocycles. The Kier molecular flexibility index (Phi) is 3.84. The minimum Gasteiger partial charge on any atom is -0.299 e. The standard InChI is InChI=1S/C9H18N2O2S2/c1-8(5-10-4)15(12,13)11-6-9(2,3)14-7-11/h5,8H,6-7H2,1-4H3. The lowest BCUT2D eigenvalue weighted by atomic mass is 10.2. The van der Waals surface area contributed by atoms with Crippen molar-refractivity contribution >= 4 is 28.0 Å². The first kappa shape index (κ1) is 13.0. The molecule has 0 spiro atoms. The van der Waals surface area contributed by atoms with E-state index in [1.807, 2.05) is 0 Å². The van der Waals surface area contributed by atoms with Gasteiger partial charge in [0.05, 0.1) is 5.88 Å². The normalized spacial score (nSPS) is 24.8. The van der Waals surface area contributed by atoms with E-state index in [-0.39, 0.29) is 4.75 Å². The van der Waals surface area contributed by atoms with E-state index in [1.165, 1.54) is 6.21 Å². The van der Waals surface area contributed by atoms with Crippen molar-refractivity contribution in [2.24, 2.45) is 4.99 Å². The minimum absolute atomic E-state index is 0.0240. The minimum atomic E-state index is -3.21. The Morgan fingerprint density at radius 2 is 2.13 bits per heavy atom. The largest absolute Gasteiger partial charge is 0.299 e. The Labute approximate surface area is 96.2 Å². The summed E-state index contributed by atoms with van der Waals surface area (Å²) in [6.45, 7) is 6.37. The van der Waals surface area contributed by atoms with Crippen LogP contribution in [-0.2, 0) is 10.0 Å². The van der Waals surface area contributed by atoms with Gasteiger partial charge in [0.15, 0.2) is 0 Å². The molecule has 1 aliphatic heterocycles. The second-order valence-corrected chi connectivity index (χ2v) is 8.24. The van der Waals surface area contributed by atoms with Crippen LogP contribution in [0.1, 0.15) is 20.8 Å². The zero-order chi connectivity index (χ0) is 11.7. The van der Waals surface area contributed by atoms with E-state index < -0.39 is 15.3 Å². The van der Waals surface area contributed by atoms with Crippen molar-refractivity contribution in [3.63, 3.8) is 0 Å². The van der Waals surface area contributed by atoms with Crippen LogP contribution in [0.15, 0.2) is 4.99 Å². The molecule has 88 valence electrons. The average molecular weight is 250 g/mol. The van der Waals surface area contributed by atoms with Crippen molar-refractivity contribution < 1.29 is 8.42 Å². The highest BCUT2D eigenvalue weighted by molar-refractivity contribution is 8.02. The molecule has 1 rings (SSSR count). The zero-order valence-electron chi connectivity index (χ0n) is 9.60. The summed E-state index contributed by atoms with van der Waals surface area (Å²) in [7, 11) is -1.62. The Morgan fingerprint density at radius 3 is 2.53 bits per heavy atom. The van der Waals surface area contributed by atoms with Crippen molar-refractivity contribution in [1.82, 2.24) is 4.31 Å². The maximum atomic E-state index is 12.0. The van der Waals surface area contributed by atoms with Gasteiger partial charge in [-0.15, -0.1) is 11.8 Å². The first-order valence-electron chi connectivity index (χ1n) is 4.85. The van der Waals surface area contributed by atoms with E-state index in [9.17, 15) is 8.42 Å². The molecule has 1 heterocycles. The third kappa shape index (κ3) is 2.95. The lowest BCUT2D eigenvalue weighted by Gasteiger charge is -2.20. The van der Waals surface area contributed by atoms with Gasteiger partial charge in [-0.3, -0.25) is 4.99 Å². The smallest absolute Gasteiger partial charge is 0.222 e. The van der Waals surface area contributed by atoms with Crippen LogP contribution < -0.4 is 0 Å². The highest BCUT2D eigenvalue weighted by Crippen LogP contribution is 2.35. The fraction of sp³-hybridized carbons (Fsp3) is 0.889. The van der Waals surface area contributed by atoms with Gasteiger partial charge < -0.3 is 0 Å². The van der Waals surface area contributed by atoms with Gasteiger partial charge in [0, 0.05) is 24.6 Å². The molecule has 1 fully saturated rings. The summed E-state index contributed by atoms with van der Waals surface area (Å²) in [5, 5.41) is -0.531. The van der Waals surface area contributed by atoms with Gasteiger partial charge in [-0.25, -0.2) is 8.42 Å². The van der Waals surface area contributed by atoms with Crippen molar-refractivity contribution in [3.8, 4) is 0 Å².